The van der Waals surface area contributed by atoms with Gasteiger partial charge in [0.25, 0.3) is 0 Å². The van der Waals surface area contributed by atoms with Crippen LogP contribution in [-0.4, -0.2) is 9.64 Å². The van der Waals surface area contributed by atoms with E-state index >= 15 is 0 Å². The van der Waals surface area contributed by atoms with Crippen LogP contribution in [0.15, 0.2) is 30.3 Å². The molecule has 3 saturated carbocycles. The second-order valence-electron chi connectivity index (χ2n) is 10.7. The third kappa shape index (κ3) is 6.23. The third-order valence-electron chi connectivity index (χ3n) is 8.38. The normalized spacial score (nSPS) is 39.1. The number of hydrogen-bond donors (Lipinski definition) is 0. The highest BCUT2D eigenvalue weighted by Crippen LogP contribution is 2.52. The van der Waals surface area contributed by atoms with Crippen molar-refractivity contribution < 1.29 is 13.9 Å². The van der Waals surface area contributed by atoms with Crippen molar-refractivity contribution in [3.05, 3.63) is 35.9 Å². The number of esters is 1. The fraction of sp³-hybridized carbons (Fsp3) is 0.741. The summed E-state index contributed by atoms with van der Waals surface area (Å²) in [6.07, 6.45) is 11.6. The summed E-state index contributed by atoms with van der Waals surface area (Å²) in [6, 6.07) is 9.96. The number of alkyl halides is 2. The Bertz CT molecular complexity index is 721. The Morgan fingerprint density at radius 2 is 1.68 bits per heavy atom. The zero-order valence-corrected chi connectivity index (χ0v) is 21.1. The Morgan fingerprint density at radius 3 is 2.48 bits per heavy atom. The van der Waals surface area contributed by atoms with Crippen molar-refractivity contribution in [2.24, 2.45) is 35.5 Å². The van der Waals surface area contributed by atoms with Gasteiger partial charge in [0.2, 0.25) is 0 Å². The number of carbonyl (C=O) groups is 1. The van der Waals surface area contributed by atoms with Crippen molar-refractivity contribution in [1.29, 1.82) is 0 Å². The van der Waals surface area contributed by atoms with Gasteiger partial charge in [-0.25, -0.2) is 4.39 Å². The van der Waals surface area contributed by atoms with E-state index in [9.17, 15) is 9.18 Å². The van der Waals surface area contributed by atoms with Crippen molar-refractivity contribution >= 4 is 28.6 Å². The highest BCUT2D eigenvalue weighted by atomic mass is 127. The summed E-state index contributed by atoms with van der Waals surface area (Å²) in [6.45, 7) is 2.69. The van der Waals surface area contributed by atoms with Crippen LogP contribution in [0.25, 0.3) is 0 Å². The molecule has 0 radical (unpaired) electrons. The monoisotopic (exact) mass is 540 g/mol. The lowest BCUT2D eigenvalue weighted by Crippen LogP contribution is -2.32. The summed E-state index contributed by atoms with van der Waals surface area (Å²) >= 11 is 2.05. The molecule has 0 spiro atoms. The van der Waals surface area contributed by atoms with Gasteiger partial charge in [-0.1, -0.05) is 56.5 Å². The van der Waals surface area contributed by atoms with Crippen molar-refractivity contribution in [2.45, 2.75) is 87.8 Å². The molecule has 4 heteroatoms. The number of ether oxygens (including phenoxy) is 1. The van der Waals surface area contributed by atoms with Crippen LogP contribution in [0.3, 0.4) is 0 Å². The largest absolute Gasteiger partial charge is 0.461 e. The van der Waals surface area contributed by atoms with Gasteiger partial charge in [-0.3, -0.25) is 4.79 Å². The molecular formula is C27H38FIO2. The van der Waals surface area contributed by atoms with Gasteiger partial charge in [0.15, 0.2) is 3.68 Å². The van der Waals surface area contributed by atoms with E-state index in [1.54, 1.807) is 0 Å². The van der Waals surface area contributed by atoms with Crippen LogP contribution in [0.4, 0.5) is 4.39 Å². The molecule has 31 heavy (non-hydrogen) atoms. The second kappa shape index (κ2) is 10.5. The minimum Gasteiger partial charge on any atom is -0.461 e. The maximum atomic E-state index is 15.0. The highest BCUT2D eigenvalue weighted by molar-refractivity contribution is 14.1. The van der Waals surface area contributed by atoms with Crippen molar-refractivity contribution in [3.8, 4) is 0 Å². The lowest BCUT2D eigenvalue weighted by Gasteiger charge is -2.40. The number of fused-ring (bicyclic) bond motifs is 3. The topological polar surface area (TPSA) is 26.3 Å². The van der Waals surface area contributed by atoms with Crippen LogP contribution in [0.2, 0.25) is 0 Å². The quantitative estimate of drug-likeness (QED) is 0.222. The van der Waals surface area contributed by atoms with Crippen LogP contribution in [0.5, 0.6) is 0 Å². The molecule has 2 nitrogen and oxygen atoms in total. The van der Waals surface area contributed by atoms with E-state index in [-0.39, 0.29) is 11.9 Å². The lowest BCUT2D eigenvalue weighted by molar-refractivity contribution is -0.151. The fourth-order valence-corrected chi connectivity index (χ4v) is 7.52. The molecule has 1 aromatic rings. The first-order valence-electron chi connectivity index (χ1n) is 12.5. The number of halogens is 2. The second-order valence-corrected chi connectivity index (χ2v) is 12.6. The molecule has 172 valence electrons. The summed E-state index contributed by atoms with van der Waals surface area (Å²) in [5.41, 5.74) is 1.04. The molecular weight excluding hydrogens is 502 g/mol. The van der Waals surface area contributed by atoms with Gasteiger partial charge in [-0.2, -0.15) is 0 Å². The van der Waals surface area contributed by atoms with Crippen LogP contribution in [-0.2, 0) is 16.1 Å². The van der Waals surface area contributed by atoms with Gasteiger partial charge in [0, 0.05) is 0 Å². The van der Waals surface area contributed by atoms with E-state index in [0.717, 1.165) is 43.1 Å². The number of benzene rings is 1. The van der Waals surface area contributed by atoms with Gasteiger partial charge < -0.3 is 4.74 Å². The fourth-order valence-electron chi connectivity index (χ4n) is 6.90. The Kier molecular flexibility index (Phi) is 7.98. The minimum atomic E-state index is -1.07. The first-order valence-corrected chi connectivity index (χ1v) is 13.6. The van der Waals surface area contributed by atoms with Crippen LogP contribution in [0.1, 0.15) is 83.1 Å². The molecule has 1 aromatic carbocycles. The van der Waals surface area contributed by atoms with Crippen LogP contribution < -0.4 is 0 Å². The predicted octanol–water partition coefficient (Wildman–Crippen LogP) is 7.88. The molecule has 0 aliphatic heterocycles. The van der Waals surface area contributed by atoms with Gasteiger partial charge in [-0.15, -0.1) is 0 Å². The zero-order valence-electron chi connectivity index (χ0n) is 18.9. The summed E-state index contributed by atoms with van der Waals surface area (Å²) in [4.78, 5) is 13.2. The SMILES string of the molecule is CC1CC(C(=O)OCc2ccccc2)CC2CCC(F)(I)CCC2C2CCCCC2C1. The maximum absolute atomic E-state index is 15.0. The van der Waals surface area contributed by atoms with Crippen LogP contribution >= 0.6 is 22.6 Å². The molecule has 3 aliphatic rings. The average Bonchev–Trinajstić information content (AvgIpc) is 2.87. The molecule has 0 heterocycles. The smallest absolute Gasteiger partial charge is 0.309 e. The summed E-state index contributed by atoms with van der Waals surface area (Å²) in [5, 5.41) is 0. The maximum Gasteiger partial charge on any atom is 0.309 e. The number of hydrogen-bond acceptors (Lipinski definition) is 2. The predicted molar refractivity (Wildman–Crippen MR) is 131 cm³/mol. The van der Waals surface area contributed by atoms with E-state index in [1.807, 2.05) is 52.9 Å². The first-order chi connectivity index (χ1) is 14.9. The Labute approximate surface area is 201 Å². The lowest BCUT2D eigenvalue weighted by atomic mass is 9.65. The van der Waals surface area contributed by atoms with E-state index in [0.29, 0.717) is 37.2 Å². The zero-order chi connectivity index (χ0) is 21.8. The molecule has 3 fully saturated rings. The van der Waals surface area contributed by atoms with Crippen molar-refractivity contribution in [3.63, 3.8) is 0 Å². The molecule has 7 unspecified atom stereocenters. The molecule has 4 rings (SSSR count). The molecule has 0 saturated heterocycles. The number of carbonyl (C=O) groups excluding carboxylic acids is 1. The third-order valence-corrected chi connectivity index (χ3v) is 9.46. The molecule has 0 aromatic heterocycles. The van der Waals surface area contributed by atoms with E-state index in [1.165, 1.54) is 32.1 Å². The standard InChI is InChI=1S/C27H38FIO2/c1-19-15-21-9-5-6-10-24(21)25-12-14-27(28,29)13-11-22(25)17-23(16-19)26(30)31-18-20-7-3-2-4-8-20/h2-4,7-8,19,21-25H,5-6,9-18H2,1H3. The summed E-state index contributed by atoms with van der Waals surface area (Å²) in [5.74, 6) is 2.98. The molecule has 0 N–H and O–H groups in total. The molecule has 0 bridgehead atoms. The number of rotatable bonds is 3. The van der Waals surface area contributed by atoms with E-state index in [2.05, 4.69) is 6.92 Å². The van der Waals surface area contributed by atoms with Crippen LogP contribution in [0, 0.1) is 35.5 Å². The highest BCUT2D eigenvalue weighted by Gasteiger charge is 2.44. The van der Waals surface area contributed by atoms with Gasteiger partial charge >= 0.3 is 5.97 Å². The van der Waals surface area contributed by atoms with Gasteiger partial charge in [0.1, 0.15) is 6.61 Å². The van der Waals surface area contributed by atoms with Gasteiger partial charge in [0.05, 0.1) is 5.92 Å². The Morgan fingerprint density at radius 1 is 1.00 bits per heavy atom. The Balaban J connectivity index is 1.52. The molecule has 0 amide bonds. The first kappa shape index (κ1) is 23.5. The minimum absolute atomic E-state index is 0.0374. The van der Waals surface area contributed by atoms with Crippen molar-refractivity contribution in [1.82, 2.24) is 0 Å². The summed E-state index contributed by atoms with van der Waals surface area (Å²) < 4.78 is 19.7. The Hall–Kier alpha value is -0.650. The molecule has 3 aliphatic carbocycles. The summed E-state index contributed by atoms with van der Waals surface area (Å²) in [7, 11) is 0. The molecule has 7 atom stereocenters. The van der Waals surface area contributed by atoms with Gasteiger partial charge in [-0.05, 0) is 109 Å². The van der Waals surface area contributed by atoms with Crippen molar-refractivity contribution in [2.75, 3.05) is 0 Å². The van der Waals surface area contributed by atoms with E-state index < -0.39 is 3.68 Å². The average molecular weight is 541 g/mol. The van der Waals surface area contributed by atoms with E-state index in [4.69, 9.17) is 4.74 Å².